The van der Waals surface area contributed by atoms with Crippen molar-refractivity contribution in [1.29, 1.82) is 0 Å². The largest absolute Gasteiger partial charge is 0.399 e. The average molecular weight is 422 g/mol. The molecule has 1 aromatic carbocycles. The van der Waals surface area contributed by atoms with Crippen LogP contribution in [0, 0.1) is 0 Å². The summed E-state index contributed by atoms with van der Waals surface area (Å²) in [6.45, 7) is 3.15. The van der Waals surface area contributed by atoms with Gasteiger partial charge in [-0.2, -0.15) is 20.5 Å². The van der Waals surface area contributed by atoms with Crippen LogP contribution in [0.1, 0.15) is 17.7 Å². The van der Waals surface area contributed by atoms with Crippen molar-refractivity contribution in [3.63, 3.8) is 0 Å². The zero-order valence-corrected chi connectivity index (χ0v) is 16.9. The average Bonchev–Trinajstić information content (AvgIpc) is 3.01. The third-order valence-corrected chi connectivity index (χ3v) is 6.17. The smallest absolute Gasteiger partial charge is 0.290 e. The maximum Gasteiger partial charge on any atom is 0.290 e. The number of nitrogens with two attached hydrogens (primary N) is 1. The van der Waals surface area contributed by atoms with Crippen molar-refractivity contribution in [1.82, 2.24) is 15.3 Å². The fraction of sp³-hybridized carbons (Fsp3) is 0.500. The summed E-state index contributed by atoms with van der Waals surface area (Å²) in [7, 11) is 0. The van der Waals surface area contributed by atoms with Gasteiger partial charge in [0.05, 0.1) is 11.8 Å². The van der Waals surface area contributed by atoms with Crippen LogP contribution in [-0.2, 0) is 12.3 Å². The molecular formula is C20H25F2N5OS. The molecule has 0 spiro atoms. The molecule has 0 atom stereocenters. The number of thioether (sulfide) groups is 1. The van der Waals surface area contributed by atoms with Gasteiger partial charge in [-0.1, -0.05) is 12.1 Å². The molecule has 2 aliphatic heterocycles. The van der Waals surface area contributed by atoms with Crippen LogP contribution in [0.4, 0.5) is 20.4 Å². The number of nitrogen functional groups attached to an aromatic ring is 1. The Bertz CT molecular complexity index is 860. The van der Waals surface area contributed by atoms with Gasteiger partial charge in [0.15, 0.2) is 0 Å². The molecule has 0 radical (unpaired) electrons. The van der Waals surface area contributed by atoms with Crippen molar-refractivity contribution in [2.75, 3.05) is 48.3 Å². The third kappa shape index (κ3) is 4.46. The molecule has 156 valence electrons. The molecule has 1 aliphatic carbocycles. The number of rotatable bonds is 2. The molecule has 6 nitrogen and oxygen atoms in total. The molecule has 0 bridgehead atoms. The minimum atomic E-state index is -2.94. The standard InChI is InChI=1S/C16H16F2N4O.C4H9NS/c17-16(18)5-4-12-13(9-2-1-3-10(19)6-9)20-15(21-14(12)16)22-7-11(23)8-22;1-3-6-4-2-5-1/h1-3,6,11,23H,4-5,7-8,19H2;5H,1-4H2. The second-order valence-corrected chi connectivity index (χ2v) is 8.68. The van der Waals surface area contributed by atoms with Gasteiger partial charge in [0.2, 0.25) is 5.95 Å². The normalized spacial score (nSPS) is 20.4. The van der Waals surface area contributed by atoms with E-state index in [1.165, 1.54) is 24.6 Å². The van der Waals surface area contributed by atoms with E-state index in [4.69, 9.17) is 5.73 Å². The molecule has 1 aromatic heterocycles. The Hall–Kier alpha value is -1.97. The van der Waals surface area contributed by atoms with Crippen molar-refractivity contribution < 1.29 is 13.9 Å². The molecule has 29 heavy (non-hydrogen) atoms. The topological polar surface area (TPSA) is 87.3 Å². The van der Waals surface area contributed by atoms with Crippen LogP contribution in [-0.4, -0.2) is 58.9 Å². The second kappa shape index (κ2) is 8.41. The van der Waals surface area contributed by atoms with Gasteiger partial charge in [-0.25, -0.2) is 9.97 Å². The first-order valence-electron chi connectivity index (χ1n) is 9.80. The maximum absolute atomic E-state index is 14.2. The van der Waals surface area contributed by atoms with Gasteiger partial charge >= 0.3 is 0 Å². The summed E-state index contributed by atoms with van der Waals surface area (Å²) in [6.07, 6.45) is -0.462. The van der Waals surface area contributed by atoms with Gasteiger partial charge < -0.3 is 21.1 Å². The number of benzene rings is 1. The maximum atomic E-state index is 14.2. The molecular weight excluding hydrogens is 396 g/mol. The highest BCUT2D eigenvalue weighted by Gasteiger charge is 2.44. The Kier molecular flexibility index (Phi) is 5.89. The van der Waals surface area contributed by atoms with E-state index in [0.29, 0.717) is 35.6 Å². The van der Waals surface area contributed by atoms with Gasteiger partial charge in [0.25, 0.3) is 5.92 Å². The van der Waals surface area contributed by atoms with Crippen molar-refractivity contribution in [2.45, 2.75) is 24.9 Å². The molecule has 0 amide bonds. The molecule has 3 aliphatic rings. The fourth-order valence-electron chi connectivity index (χ4n) is 3.61. The Labute approximate surface area is 172 Å². The quantitative estimate of drug-likeness (QED) is 0.641. The highest BCUT2D eigenvalue weighted by atomic mass is 32.2. The summed E-state index contributed by atoms with van der Waals surface area (Å²) < 4.78 is 28.3. The molecule has 2 saturated heterocycles. The second-order valence-electron chi connectivity index (χ2n) is 7.45. The van der Waals surface area contributed by atoms with E-state index in [2.05, 4.69) is 15.3 Å². The summed E-state index contributed by atoms with van der Waals surface area (Å²) in [5.74, 6) is -0.0842. The predicted octanol–water partition coefficient (Wildman–Crippen LogP) is 2.27. The van der Waals surface area contributed by atoms with Crippen molar-refractivity contribution in [3.8, 4) is 11.3 Å². The monoisotopic (exact) mass is 421 g/mol. The Morgan fingerprint density at radius 2 is 1.97 bits per heavy atom. The van der Waals surface area contributed by atoms with Gasteiger partial charge in [0, 0.05) is 60.9 Å². The summed E-state index contributed by atoms with van der Waals surface area (Å²) in [5, 5.41) is 12.7. The lowest BCUT2D eigenvalue weighted by Crippen LogP contribution is -2.51. The van der Waals surface area contributed by atoms with Crippen LogP contribution >= 0.6 is 11.8 Å². The first kappa shape index (κ1) is 20.3. The summed E-state index contributed by atoms with van der Waals surface area (Å²) >= 11 is 2.03. The van der Waals surface area contributed by atoms with E-state index in [9.17, 15) is 13.9 Å². The number of β-amino-alcohol motifs (C(OH)–C–C–N with tert-alkyl or cyclic N) is 1. The lowest BCUT2D eigenvalue weighted by molar-refractivity contribution is -0.00596. The molecule has 3 heterocycles. The molecule has 2 fully saturated rings. The number of fused-ring (bicyclic) bond motifs is 1. The number of aromatic nitrogens is 2. The Balaban J connectivity index is 0.000000294. The van der Waals surface area contributed by atoms with E-state index in [1.54, 1.807) is 23.1 Å². The van der Waals surface area contributed by atoms with Gasteiger partial charge in [-0.15, -0.1) is 0 Å². The van der Waals surface area contributed by atoms with Crippen LogP contribution < -0.4 is 16.0 Å². The number of halogens is 2. The molecule has 5 rings (SSSR count). The molecule has 0 saturated carbocycles. The predicted molar refractivity (Wildman–Crippen MR) is 113 cm³/mol. The fourth-order valence-corrected chi connectivity index (χ4v) is 4.39. The lowest BCUT2D eigenvalue weighted by Gasteiger charge is -2.36. The van der Waals surface area contributed by atoms with Gasteiger partial charge in [-0.05, 0) is 18.6 Å². The number of aliphatic hydroxyl groups excluding tert-OH is 1. The SMILES string of the molecule is C1CSCCN1.Nc1cccc(-c2nc(N3CC(O)C3)nc3c2CCC3(F)F)c1. The Morgan fingerprint density at radius 3 is 2.55 bits per heavy atom. The van der Waals surface area contributed by atoms with E-state index in [-0.39, 0.29) is 24.5 Å². The first-order valence-corrected chi connectivity index (χ1v) is 11.0. The van der Waals surface area contributed by atoms with Crippen LogP contribution in [0.2, 0.25) is 0 Å². The van der Waals surface area contributed by atoms with Crippen LogP contribution in [0.3, 0.4) is 0 Å². The number of aliphatic hydroxyl groups is 1. The minimum Gasteiger partial charge on any atom is -0.399 e. The minimum absolute atomic E-state index is 0.193. The zero-order chi connectivity index (χ0) is 20.4. The van der Waals surface area contributed by atoms with Crippen molar-refractivity contribution >= 4 is 23.4 Å². The van der Waals surface area contributed by atoms with Gasteiger partial charge in [-0.3, -0.25) is 0 Å². The van der Waals surface area contributed by atoms with E-state index >= 15 is 0 Å². The van der Waals surface area contributed by atoms with Crippen LogP contribution in [0.5, 0.6) is 0 Å². The number of hydrogen-bond acceptors (Lipinski definition) is 7. The number of hydrogen-bond donors (Lipinski definition) is 3. The lowest BCUT2D eigenvalue weighted by atomic mass is 10.0. The van der Waals surface area contributed by atoms with Crippen molar-refractivity contribution in [3.05, 3.63) is 35.5 Å². The van der Waals surface area contributed by atoms with Crippen molar-refractivity contribution in [2.24, 2.45) is 0 Å². The van der Waals surface area contributed by atoms with Crippen LogP contribution in [0.25, 0.3) is 11.3 Å². The van der Waals surface area contributed by atoms with Crippen LogP contribution in [0.15, 0.2) is 24.3 Å². The summed E-state index contributed by atoms with van der Waals surface area (Å²) in [4.78, 5) is 10.3. The summed E-state index contributed by atoms with van der Waals surface area (Å²) in [5.41, 5.74) is 7.89. The first-order chi connectivity index (χ1) is 13.9. The van der Waals surface area contributed by atoms with E-state index in [1.807, 2.05) is 17.8 Å². The number of anilines is 2. The highest BCUT2D eigenvalue weighted by Crippen LogP contribution is 2.44. The molecule has 2 aromatic rings. The van der Waals surface area contributed by atoms with Gasteiger partial charge in [0.1, 0.15) is 5.69 Å². The van der Waals surface area contributed by atoms with E-state index < -0.39 is 12.0 Å². The molecule has 4 N–H and O–H groups in total. The molecule has 9 heteroatoms. The number of nitrogens with one attached hydrogen (secondary N) is 1. The zero-order valence-electron chi connectivity index (χ0n) is 16.1. The Morgan fingerprint density at radius 1 is 1.21 bits per heavy atom. The van der Waals surface area contributed by atoms with E-state index in [0.717, 1.165) is 0 Å². The third-order valence-electron chi connectivity index (χ3n) is 5.18. The number of nitrogens with zero attached hydrogens (tertiary/aromatic N) is 3. The number of alkyl halides is 2. The molecule has 0 unspecified atom stereocenters. The summed E-state index contributed by atoms with van der Waals surface area (Å²) in [6, 6.07) is 7.06. The highest BCUT2D eigenvalue weighted by molar-refractivity contribution is 7.99.